The maximum atomic E-state index is 5.64. The lowest BCUT2D eigenvalue weighted by Crippen LogP contribution is -2.38. The lowest BCUT2D eigenvalue weighted by atomic mass is 10.3. The molecule has 1 unspecified atom stereocenters. The predicted octanol–water partition coefficient (Wildman–Crippen LogP) is -0.0198. The number of rotatable bonds is 6. The van der Waals surface area contributed by atoms with E-state index in [-0.39, 0.29) is 6.10 Å². The summed E-state index contributed by atoms with van der Waals surface area (Å²) in [6.45, 7) is 3.60. The molecule has 1 saturated heterocycles. The van der Waals surface area contributed by atoms with Crippen LogP contribution in [0.15, 0.2) is 4.99 Å². The van der Waals surface area contributed by atoms with Crippen molar-refractivity contribution in [2.75, 3.05) is 40.0 Å². The van der Waals surface area contributed by atoms with Gasteiger partial charge in [0.05, 0.1) is 19.3 Å². The third kappa shape index (κ3) is 6.15. The van der Waals surface area contributed by atoms with E-state index in [1.807, 2.05) is 0 Å². The van der Waals surface area contributed by atoms with Crippen LogP contribution < -0.4 is 10.6 Å². The first-order chi connectivity index (χ1) is 8.36. The number of hydrogen-bond acceptors (Lipinski definition) is 3. The zero-order valence-electron chi connectivity index (χ0n) is 10.4. The van der Waals surface area contributed by atoms with Gasteiger partial charge in [0.2, 0.25) is 0 Å². The molecule has 0 radical (unpaired) electrons. The molecule has 0 aromatic rings. The van der Waals surface area contributed by atoms with Crippen LogP contribution in [0.3, 0.4) is 0 Å². The van der Waals surface area contributed by atoms with Gasteiger partial charge in [0.25, 0.3) is 0 Å². The van der Waals surface area contributed by atoms with Crippen LogP contribution in [0.4, 0.5) is 0 Å². The van der Waals surface area contributed by atoms with Gasteiger partial charge in [0.1, 0.15) is 0 Å². The van der Waals surface area contributed by atoms with Gasteiger partial charge in [-0.1, -0.05) is 5.92 Å². The Labute approximate surface area is 103 Å². The van der Waals surface area contributed by atoms with Gasteiger partial charge in [-0.15, -0.1) is 6.42 Å². The number of ether oxygens (including phenoxy) is 2. The van der Waals surface area contributed by atoms with E-state index in [4.69, 9.17) is 15.9 Å². The van der Waals surface area contributed by atoms with E-state index >= 15 is 0 Å². The highest BCUT2D eigenvalue weighted by atomic mass is 16.5. The van der Waals surface area contributed by atoms with Crippen molar-refractivity contribution in [1.29, 1.82) is 0 Å². The van der Waals surface area contributed by atoms with Crippen molar-refractivity contribution in [1.82, 2.24) is 10.6 Å². The fraction of sp³-hybridized carbons (Fsp3) is 0.750. The van der Waals surface area contributed by atoms with Crippen molar-refractivity contribution in [2.45, 2.75) is 18.9 Å². The third-order valence-electron chi connectivity index (χ3n) is 2.44. The lowest BCUT2D eigenvalue weighted by Gasteiger charge is -2.11. The molecule has 0 aromatic heterocycles. The zero-order valence-corrected chi connectivity index (χ0v) is 10.4. The van der Waals surface area contributed by atoms with Crippen LogP contribution in [0, 0.1) is 12.3 Å². The molecule has 5 heteroatoms. The molecule has 0 spiro atoms. The SMILES string of the molecule is C#CCNC(=NC)NCCCOC1CCOC1. The Hall–Kier alpha value is -1.25. The Balaban J connectivity index is 1.97. The number of hydrogen-bond donors (Lipinski definition) is 2. The minimum absolute atomic E-state index is 0.286. The maximum absolute atomic E-state index is 5.64. The first kappa shape index (κ1) is 13.8. The van der Waals surface area contributed by atoms with E-state index < -0.39 is 0 Å². The molecule has 1 fully saturated rings. The molecule has 1 aliphatic heterocycles. The van der Waals surface area contributed by atoms with E-state index in [9.17, 15) is 0 Å². The van der Waals surface area contributed by atoms with Gasteiger partial charge < -0.3 is 20.1 Å². The quantitative estimate of drug-likeness (QED) is 0.296. The van der Waals surface area contributed by atoms with Gasteiger partial charge in [-0.3, -0.25) is 4.99 Å². The Morgan fingerprint density at radius 2 is 2.47 bits per heavy atom. The highest BCUT2D eigenvalue weighted by molar-refractivity contribution is 5.79. The average molecular weight is 239 g/mol. The zero-order chi connectivity index (χ0) is 12.3. The molecular weight excluding hydrogens is 218 g/mol. The Kier molecular flexibility index (Phi) is 7.19. The van der Waals surface area contributed by atoms with Crippen molar-refractivity contribution in [3.05, 3.63) is 0 Å². The molecule has 0 amide bonds. The second kappa shape index (κ2) is 8.85. The third-order valence-corrected chi connectivity index (χ3v) is 2.44. The smallest absolute Gasteiger partial charge is 0.191 e. The first-order valence-electron chi connectivity index (χ1n) is 5.94. The monoisotopic (exact) mass is 239 g/mol. The van der Waals surface area contributed by atoms with Crippen molar-refractivity contribution in [3.8, 4) is 12.3 Å². The normalized spacial score (nSPS) is 20.0. The molecule has 1 atom stereocenters. The fourth-order valence-electron chi connectivity index (χ4n) is 1.53. The number of nitrogens with zero attached hydrogens (tertiary/aromatic N) is 1. The average Bonchev–Trinajstić information content (AvgIpc) is 2.85. The summed E-state index contributed by atoms with van der Waals surface area (Å²) >= 11 is 0. The molecule has 2 N–H and O–H groups in total. The molecule has 0 aromatic carbocycles. The summed E-state index contributed by atoms with van der Waals surface area (Å²) in [5.41, 5.74) is 0. The van der Waals surface area contributed by atoms with Gasteiger partial charge in [-0.25, -0.2) is 0 Å². The first-order valence-corrected chi connectivity index (χ1v) is 5.94. The number of nitrogens with one attached hydrogen (secondary N) is 2. The summed E-state index contributed by atoms with van der Waals surface area (Å²) in [4.78, 5) is 4.04. The minimum Gasteiger partial charge on any atom is -0.379 e. The summed E-state index contributed by atoms with van der Waals surface area (Å²) in [5, 5.41) is 6.15. The second-order valence-electron chi connectivity index (χ2n) is 3.77. The molecule has 1 rings (SSSR count). The van der Waals surface area contributed by atoms with Gasteiger partial charge >= 0.3 is 0 Å². The summed E-state index contributed by atoms with van der Waals surface area (Å²) in [7, 11) is 1.72. The maximum Gasteiger partial charge on any atom is 0.191 e. The number of terminal acetylenes is 1. The van der Waals surface area contributed by atoms with Crippen LogP contribution in [0.2, 0.25) is 0 Å². The van der Waals surface area contributed by atoms with Crippen LogP contribution in [-0.2, 0) is 9.47 Å². The molecule has 1 aliphatic rings. The van der Waals surface area contributed by atoms with Crippen molar-refractivity contribution in [3.63, 3.8) is 0 Å². The van der Waals surface area contributed by atoms with Gasteiger partial charge in [0.15, 0.2) is 5.96 Å². The standard InChI is InChI=1S/C12H21N3O2/c1-3-6-14-12(13-2)15-7-4-8-17-11-5-9-16-10-11/h1,11H,4-10H2,2H3,(H2,13,14,15). The summed E-state index contributed by atoms with van der Waals surface area (Å²) in [5.74, 6) is 3.23. The topological polar surface area (TPSA) is 54.9 Å². The number of aliphatic imine (C=N–C) groups is 1. The van der Waals surface area contributed by atoms with Gasteiger partial charge in [0, 0.05) is 26.8 Å². The molecule has 5 nitrogen and oxygen atoms in total. The largest absolute Gasteiger partial charge is 0.379 e. The predicted molar refractivity (Wildman–Crippen MR) is 68.0 cm³/mol. The molecule has 0 saturated carbocycles. The summed E-state index contributed by atoms with van der Waals surface area (Å²) in [6, 6.07) is 0. The summed E-state index contributed by atoms with van der Waals surface area (Å²) < 4.78 is 10.9. The molecular formula is C12H21N3O2. The Morgan fingerprint density at radius 1 is 1.59 bits per heavy atom. The van der Waals surface area contributed by atoms with E-state index in [1.54, 1.807) is 7.05 Å². The van der Waals surface area contributed by atoms with Crippen LogP contribution in [0.1, 0.15) is 12.8 Å². The highest BCUT2D eigenvalue weighted by Crippen LogP contribution is 2.07. The van der Waals surface area contributed by atoms with Gasteiger partial charge in [-0.05, 0) is 12.8 Å². The van der Waals surface area contributed by atoms with Crippen molar-refractivity contribution < 1.29 is 9.47 Å². The molecule has 96 valence electrons. The fourth-order valence-corrected chi connectivity index (χ4v) is 1.53. The number of guanidine groups is 1. The highest BCUT2D eigenvalue weighted by Gasteiger charge is 2.15. The van der Waals surface area contributed by atoms with Crippen LogP contribution >= 0.6 is 0 Å². The summed E-state index contributed by atoms with van der Waals surface area (Å²) in [6.07, 6.45) is 7.39. The second-order valence-corrected chi connectivity index (χ2v) is 3.77. The van der Waals surface area contributed by atoms with E-state index in [0.29, 0.717) is 6.54 Å². The minimum atomic E-state index is 0.286. The van der Waals surface area contributed by atoms with Crippen LogP contribution in [0.5, 0.6) is 0 Å². The molecule has 0 aliphatic carbocycles. The van der Waals surface area contributed by atoms with E-state index in [2.05, 4.69) is 21.5 Å². The van der Waals surface area contributed by atoms with E-state index in [1.165, 1.54) is 0 Å². The van der Waals surface area contributed by atoms with Gasteiger partial charge in [-0.2, -0.15) is 0 Å². The molecule has 0 bridgehead atoms. The Bertz CT molecular complexity index is 267. The lowest BCUT2D eigenvalue weighted by molar-refractivity contribution is 0.0420. The molecule has 17 heavy (non-hydrogen) atoms. The van der Waals surface area contributed by atoms with Crippen molar-refractivity contribution in [2.24, 2.45) is 4.99 Å². The molecule has 1 heterocycles. The van der Waals surface area contributed by atoms with Crippen molar-refractivity contribution >= 4 is 5.96 Å². The van der Waals surface area contributed by atoms with Crippen LogP contribution in [0.25, 0.3) is 0 Å². The Morgan fingerprint density at radius 3 is 3.12 bits per heavy atom. The van der Waals surface area contributed by atoms with Crippen LogP contribution in [-0.4, -0.2) is 52.0 Å². The van der Waals surface area contributed by atoms with E-state index in [0.717, 1.165) is 45.2 Å².